The number of hydrogen-bond acceptors (Lipinski definition) is 9. The topological polar surface area (TPSA) is 125 Å². The Kier molecular flexibility index (Phi) is 9.63. The number of rotatable bonds is 7. The summed E-state index contributed by atoms with van der Waals surface area (Å²) in [6.45, 7) is 18.2. The molecule has 1 heterocycles. The summed E-state index contributed by atoms with van der Waals surface area (Å²) >= 11 is 0. The summed E-state index contributed by atoms with van der Waals surface area (Å²) < 4.78 is 22.2. The number of carbonyl (C=O) groups is 4. The van der Waals surface area contributed by atoms with Crippen LogP contribution < -0.4 is 0 Å². The second kappa shape index (κ2) is 13.5. The highest BCUT2D eigenvalue weighted by Gasteiger charge is 2.63. The molecule has 10 aliphatic carbocycles. The first-order valence-electron chi connectivity index (χ1n) is 19.6. The molecule has 0 aromatic heterocycles. The van der Waals surface area contributed by atoms with Crippen molar-refractivity contribution in [1.82, 2.24) is 0 Å². The van der Waals surface area contributed by atoms with Gasteiger partial charge in [0, 0.05) is 28.6 Å². The van der Waals surface area contributed by atoms with E-state index in [1.165, 1.54) is 32.1 Å². The summed E-state index contributed by atoms with van der Waals surface area (Å²) in [5, 5.41) is 10.4. The average molecular weight is 707 g/mol. The molecule has 11 rings (SSSR count). The third kappa shape index (κ3) is 6.63. The molecule has 1 aliphatic heterocycles. The molecule has 0 amide bonds. The normalized spacial score (nSPS) is 45.1. The first kappa shape index (κ1) is 36.4. The van der Waals surface area contributed by atoms with Gasteiger partial charge in [-0.2, -0.15) is 0 Å². The molecule has 10 bridgehead atoms. The molecule has 11 fully saturated rings. The first-order chi connectivity index (χ1) is 24.1. The molecule has 11 aliphatic rings. The second-order valence-corrected chi connectivity index (χ2v) is 18.2. The maximum absolute atomic E-state index is 12.0. The molecular weight excluding hydrogens is 648 g/mol. The molecule has 280 valence electrons. The SMILES string of the molecule is C=C(C)C(=O)OC1(CC)C2CC3CC(C2)CC1C3.C=C(C)C(=O)OC1C2CC3C(=O)OC1C3C2.C=C(C)C(=O)OC1C2CC3CC1CC(O)(C3)C2. The van der Waals surface area contributed by atoms with Gasteiger partial charge in [-0.25, -0.2) is 14.4 Å². The van der Waals surface area contributed by atoms with Gasteiger partial charge in [0.05, 0.1) is 11.5 Å². The number of carbonyl (C=O) groups excluding carboxylic acids is 4. The van der Waals surface area contributed by atoms with E-state index in [0.29, 0.717) is 52.2 Å². The average Bonchev–Trinajstić information content (AvgIpc) is 3.69. The van der Waals surface area contributed by atoms with Crippen LogP contribution in [0.4, 0.5) is 0 Å². The van der Waals surface area contributed by atoms with Crippen LogP contribution >= 0.6 is 0 Å². The van der Waals surface area contributed by atoms with E-state index in [2.05, 4.69) is 26.7 Å². The van der Waals surface area contributed by atoms with Gasteiger partial charge in [0.1, 0.15) is 23.9 Å². The van der Waals surface area contributed by atoms with Crippen molar-refractivity contribution in [2.24, 2.45) is 59.2 Å². The Morgan fingerprint density at radius 1 is 0.706 bits per heavy atom. The predicted octanol–water partition coefficient (Wildman–Crippen LogP) is 6.81. The Morgan fingerprint density at radius 2 is 1.24 bits per heavy atom. The lowest BCUT2D eigenvalue weighted by atomic mass is 9.49. The number of ether oxygens (including phenoxy) is 4. The van der Waals surface area contributed by atoms with Gasteiger partial charge in [0.2, 0.25) is 0 Å². The van der Waals surface area contributed by atoms with Gasteiger partial charge in [-0.05, 0) is 146 Å². The number of fused-ring (bicyclic) bond motifs is 1. The fourth-order valence-corrected chi connectivity index (χ4v) is 12.7. The van der Waals surface area contributed by atoms with E-state index >= 15 is 0 Å². The van der Waals surface area contributed by atoms with Crippen molar-refractivity contribution < 1.29 is 43.2 Å². The van der Waals surface area contributed by atoms with Crippen LogP contribution in [0.3, 0.4) is 0 Å². The van der Waals surface area contributed by atoms with Gasteiger partial charge in [0.15, 0.2) is 0 Å². The van der Waals surface area contributed by atoms with E-state index < -0.39 is 5.60 Å². The Labute approximate surface area is 302 Å². The van der Waals surface area contributed by atoms with Crippen molar-refractivity contribution in [2.75, 3.05) is 0 Å². The summed E-state index contributed by atoms with van der Waals surface area (Å²) in [6.07, 6.45) is 13.7. The smallest absolute Gasteiger partial charge is 0.333 e. The van der Waals surface area contributed by atoms with Gasteiger partial charge >= 0.3 is 23.9 Å². The van der Waals surface area contributed by atoms with Crippen LogP contribution in [0.15, 0.2) is 36.5 Å². The van der Waals surface area contributed by atoms with Crippen LogP contribution in [0, 0.1) is 59.2 Å². The molecular formula is C42H58O9. The minimum Gasteiger partial charge on any atom is -0.458 e. The van der Waals surface area contributed by atoms with Gasteiger partial charge in [-0.3, -0.25) is 4.79 Å². The van der Waals surface area contributed by atoms with Gasteiger partial charge in [0.25, 0.3) is 0 Å². The Balaban J connectivity index is 0.000000120. The fraction of sp³-hybridized carbons (Fsp3) is 0.762. The largest absolute Gasteiger partial charge is 0.458 e. The van der Waals surface area contributed by atoms with Crippen molar-refractivity contribution >= 4 is 23.9 Å². The van der Waals surface area contributed by atoms with Crippen LogP contribution in [0.25, 0.3) is 0 Å². The van der Waals surface area contributed by atoms with Crippen molar-refractivity contribution in [3.63, 3.8) is 0 Å². The minimum absolute atomic E-state index is 0.0241. The van der Waals surface area contributed by atoms with Gasteiger partial charge < -0.3 is 24.1 Å². The molecule has 10 saturated carbocycles. The Bertz CT molecular complexity index is 1450. The summed E-state index contributed by atoms with van der Waals surface area (Å²) in [5.74, 6) is 4.16. The van der Waals surface area contributed by atoms with E-state index in [9.17, 15) is 24.3 Å². The zero-order valence-electron chi connectivity index (χ0n) is 31.0. The number of hydrogen-bond donors (Lipinski definition) is 1. The summed E-state index contributed by atoms with van der Waals surface area (Å²) in [6, 6.07) is 0. The van der Waals surface area contributed by atoms with Crippen molar-refractivity contribution in [1.29, 1.82) is 0 Å². The molecule has 0 radical (unpaired) electrons. The standard InChI is InChI=1S/C16H24O2.C14H20O3.C12H14O4/c1-4-16(18-15(17)10(2)3)13-6-11-5-12(8-13)9-14(16)7-11;1-8(2)13(15)17-12-10-3-9-4-11(12)7-14(16,5-9)6-10;1-5(2)11(13)15-9-6-3-7-8(4-6)12(14)16-10(7)9/h11-14H,2,4-9H2,1,3H3;9-12,16H,1,3-7H2,2H3;6-10H,1,3-4H2,2H3. The second-order valence-electron chi connectivity index (χ2n) is 18.2. The zero-order chi connectivity index (χ0) is 36.6. The minimum atomic E-state index is -0.456. The first-order valence-corrected chi connectivity index (χ1v) is 19.6. The molecule has 1 N–H and O–H groups in total. The van der Waals surface area contributed by atoms with Gasteiger partial charge in [-0.15, -0.1) is 0 Å². The summed E-state index contributed by atoms with van der Waals surface area (Å²) in [5.41, 5.74) is 0.782. The monoisotopic (exact) mass is 706 g/mol. The molecule has 0 aromatic rings. The highest BCUT2D eigenvalue weighted by atomic mass is 16.6. The van der Waals surface area contributed by atoms with Crippen molar-refractivity contribution in [3.8, 4) is 0 Å². The van der Waals surface area contributed by atoms with Crippen LogP contribution in [-0.2, 0) is 38.1 Å². The molecule has 9 heteroatoms. The van der Waals surface area contributed by atoms with Crippen LogP contribution in [0.2, 0.25) is 0 Å². The quantitative estimate of drug-likeness (QED) is 0.173. The van der Waals surface area contributed by atoms with E-state index in [4.69, 9.17) is 18.9 Å². The van der Waals surface area contributed by atoms with E-state index in [1.54, 1.807) is 20.8 Å². The van der Waals surface area contributed by atoms with E-state index in [0.717, 1.165) is 63.2 Å². The molecule has 9 nitrogen and oxygen atoms in total. The summed E-state index contributed by atoms with van der Waals surface area (Å²) in [7, 11) is 0. The van der Waals surface area contributed by atoms with Crippen molar-refractivity contribution in [2.45, 2.75) is 141 Å². The molecule has 51 heavy (non-hydrogen) atoms. The van der Waals surface area contributed by atoms with Crippen LogP contribution in [-0.4, -0.2) is 58.5 Å². The third-order valence-corrected chi connectivity index (χ3v) is 14.5. The molecule has 7 atom stereocenters. The maximum Gasteiger partial charge on any atom is 0.333 e. The lowest BCUT2D eigenvalue weighted by molar-refractivity contribution is -0.207. The maximum atomic E-state index is 12.0. The predicted molar refractivity (Wildman–Crippen MR) is 188 cm³/mol. The Morgan fingerprint density at radius 3 is 1.73 bits per heavy atom. The van der Waals surface area contributed by atoms with E-state index in [-0.39, 0.29) is 59.6 Å². The molecule has 1 saturated heterocycles. The molecule has 0 spiro atoms. The van der Waals surface area contributed by atoms with Gasteiger partial charge in [-0.1, -0.05) is 26.7 Å². The lowest BCUT2D eigenvalue weighted by Gasteiger charge is -2.60. The number of esters is 4. The van der Waals surface area contributed by atoms with E-state index in [1.807, 2.05) is 0 Å². The van der Waals surface area contributed by atoms with Crippen molar-refractivity contribution in [3.05, 3.63) is 36.5 Å². The fourth-order valence-electron chi connectivity index (χ4n) is 12.7. The zero-order valence-corrected chi connectivity index (χ0v) is 31.0. The van der Waals surface area contributed by atoms with Crippen LogP contribution in [0.1, 0.15) is 111 Å². The Hall–Kier alpha value is -2.94. The highest BCUT2D eigenvalue weighted by Crippen LogP contribution is 2.61. The lowest BCUT2D eigenvalue weighted by Crippen LogP contribution is -2.59. The third-order valence-electron chi connectivity index (χ3n) is 14.5. The highest BCUT2D eigenvalue weighted by molar-refractivity contribution is 5.88. The number of aliphatic hydroxyl groups is 1. The molecule has 0 aromatic carbocycles. The molecule has 7 unspecified atom stereocenters. The van der Waals surface area contributed by atoms with Crippen LogP contribution in [0.5, 0.6) is 0 Å². The summed E-state index contributed by atoms with van der Waals surface area (Å²) in [4.78, 5) is 46.6.